The van der Waals surface area contributed by atoms with E-state index in [9.17, 15) is 5.26 Å². The Kier molecular flexibility index (Phi) is 4.17. The molecule has 1 aliphatic carbocycles. The quantitative estimate of drug-likeness (QED) is 0.845. The Hall–Kier alpha value is -1.53. The first kappa shape index (κ1) is 14.4. The van der Waals surface area contributed by atoms with E-state index in [1.165, 1.54) is 38.5 Å². The van der Waals surface area contributed by atoms with Crippen LogP contribution in [0.2, 0.25) is 0 Å². The van der Waals surface area contributed by atoms with Gasteiger partial charge in [-0.15, -0.1) is 0 Å². The van der Waals surface area contributed by atoms with E-state index in [4.69, 9.17) is 4.74 Å². The minimum Gasteiger partial charge on any atom is -0.371 e. The highest BCUT2D eigenvalue weighted by Gasteiger charge is 2.40. The highest BCUT2D eigenvalue weighted by molar-refractivity contribution is 5.58. The van der Waals surface area contributed by atoms with Gasteiger partial charge in [-0.05, 0) is 37.8 Å². The standard InChI is InChI=1S/C18H24N2O/c1-20(17-8-4-3-7-15(17)13-19)14-16-9-12-18(21-16)10-5-2-6-11-18/h3-4,7-8,16H,2,5-6,9-12,14H2,1H3. The molecule has 3 nitrogen and oxygen atoms in total. The molecule has 0 N–H and O–H groups in total. The van der Waals surface area contributed by atoms with E-state index in [1.54, 1.807) is 0 Å². The van der Waals surface area contributed by atoms with Crippen molar-refractivity contribution in [1.29, 1.82) is 5.26 Å². The fraction of sp³-hybridized carbons (Fsp3) is 0.611. The van der Waals surface area contributed by atoms with Crippen LogP contribution in [0.25, 0.3) is 0 Å². The minimum atomic E-state index is 0.179. The summed E-state index contributed by atoms with van der Waals surface area (Å²) in [6, 6.07) is 10.1. The normalized spacial score (nSPS) is 23.9. The van der Waals surface area contributed by atoms with Gasteiger partial charge in [-0.1, -0.05) is 31.4 Å². The molecule has 1 atom stereocenters. The number of hydrogen-bond donors (Lipinski definition) is 0. The first-order valence-corrected chi connectivity index (χ1v) is 8.10. The van der Waals surface area contributed by atoms with Crippen LogP contribution in [0, 0.1) is 11.3 Å². The second kappa shape index (κ2) is 6.07. The molecular weight excluding hydrogens is 260 g/mol. The van der Waals surface area contributed by atoms with Crippen molar-refractivity contribution in [1.82, 2.24) is 0 Å². The van der Waals surface area contributed by atoms with Crippen molar-refractivity contribution in [2.75, 3.05) is 18.5 Å². The molecule has 1 aliphatic heterocycles. The smallest absolute Gasteiger partial charge is 0.101 e. The molecule has 0 aromatic heterocycles. The van der Waals surface area contributed by atoms with Crippen LogP contribution >= 0.6 is 0 Å². The minimum absolute atomic E-state index is 0.179. The fourth-order valence-corrected chi connectivity index (χ4v) is 3.89. The number of likely N-dealkylation sites (N-methyl/N-ethyl adjacent to an activating group) is 1. The average molecular weight is 284 g/mol. The first-order chi connectivity index (χ1) is 10.2. The van der Waals surface area contributed by atoms with Crippen molar-refractivity contribution < 1.29 is 4.74 Å². The molecule has 2 fully saturated rings. The Morgan fingerprint density at radius 2 is 2.00 bits per heavy atom. The van der Waals surface area contributed by atoms with E-state index >= 15 is 0 Å². The molecule has 2 aliphatic rings. The average Bonchev–Trinajstić information content (AvgIpc) is 2.90. The largest absolute Gasteiger partial charge is 0.371 e. The number of para-hydroxylation sites is 1. The summed E-state index contributed by atoms with van der Waals surface area (Å²) < 4.78 is 6.43. The number of rotatable bonds is 3. The number of nitriles is 1. The Labute approximate surface area is 127 Å². The third kappa shape index (κ3) is 3.06. The van der Waals surface area contributed by atoms with Crippen molar-refractivity contribution >= 4 is 5.69 Å². The topological polar surface area (TPSA) is 36.3 Å². The van der Waals surface area contributed by atoms with Gasteiger partial charge >= 0.3 is 0 Å². The number of benzene rings is 1. The van der Waals surface area contributed by atoms with E-state index < -0.39 is 0 Å². The highest BCUT2D eigenvalue weighted by Crippen LogP contribution is 2.42. The van der Waals surface area contributed by atoms with Gasteiger partial charge in [0.1, 0.15) is 6.07 Å². The Bertz CT molecular complexity index is 528. The maximum Gasteiger partial charge on any atom is 0.101 e. The van der Waals surface area contributed by atoms with Crippen molar-refractivity contribution in [3.8, 4) is 6.07 Å². The van der Waals surface area contributed by atoms with E-state index in [2.05, 4.69) is 18.0 Å². The molecule has 1 aromatic rings. The molecule has 3 heteroatoms. The molecule has 1 saturated heterocycles. The van der Waals surface area contributed by atoms with Crippen LogP contribution in [0.15, 0.2) is 24.3 Å². The van der Waals surface area contributed by atoms with Crippen LogP contribution in [0.4, 0.5) is 5.69 Å². The zero-order chi connectivity index (χ0) is 14.7. The lowest BCUT2D eigenvalue weighted by Gasteiger charge is -2.34. The Morgan fingerprint density at radius 3 is 2.76 bits per heavy atom. The van der Waals surface area contributed by atoms with Gasteiger partial charge in [-0.2, -0.15) is 5.26 Å². The SMILES string of the molecule is CN(CC1CCC2(CCCCC2)O1)c1ccccc1C#N. The van der Waals surface area contributed by atoms with Gasteiger partial charge < -0.3 is 9.64 Å². The van der Waals surface area contributed by atoms with Crippen molar-refractivity contribution in [2.24, 2.45) is 0 Å². The van der Waals surface area contributed by atoms with Crippen molar-refractivity contribution in [3.05, 3.63) is 29.8 Å². The molecule has 1 heterocycles. The maximum absolute atomic E-state index is 9.22. The molecule has 1 unspecified atom stereocenters. The summed E-state index contributed by atoms with van der Waals surface area (Å²) in [7, 11) is 2.06. The predicted octanol–water partition coefficient (Wildman–Crippen LogP) is 3.88. The van der Waals surface area contributed by atoms with Crippen LogP contribution in [-0.2, 0) is 4.74 Å². The summed E-state index contributed by atoms with van der Waals surface area (Å²) >= 11 is 0. The van der Waals surface area contributed by atoms with Crippen LogP contribution in [0.1, 0.15) is 50.5 Å². The molecular formula is C18H24N2O. The summed E-state index contributed by atoms with van der Waals surface area (Å²) in [5, 5.41) is 9.22. The van der Waals surface area contributed by atoms with Crippen LogP contribution in [0.5, 0.6) is 0 Å². The van der Waals surface area contributed by atoms with E-state index in [0.717, 1.165) is 24.2 Å². The van der Waals surface area contributed by atoms with Gasteiger partial charge in [-0.3, -0.25) is 0 Å². The lowest BCUT2D eigenvalue weighted by molar-refractivity contribution is -0.0602. The fourth-order valence-electron chi connectivity index (χ4n) is 3.89. The summed E-state index contributed by atoms with van der Waals surface area (Å²) in [5.74, 6) is 0. The second-order valence-electron chi connectivity index (χ2n) is 6.53. The van der Waals surface area contributed by atoms with Gasteiger partial charge in [0.2, 0.25) is 0 Å². The van der Waals surface area contributed by atoms with Gasteiger partial charge in [0.15, 0.2) is 0 Å². The highest BCUT2D eigenvalue weighted by atomic mass is 16.5. The van der Waals surface area contributed by atoms with Gasteiger partial charge in [0, 0.05) is 13.6 Å². The molecule has 1 spiro atoms. The van der Waals surface area contributed by atoms with Gasteiger partial charge in [0.05, 0.1) is 23.0 Å². The van der Waals surface area contributed by atoms with Crippen LogP contribution < -0.4 is 4.90 Å². The molecule has 3 rings (SSSR count). The number of nitrogens with zero attached hydrogens (tertiary/aromatic N) is 2. The van der Waals surface area contributed by atoms with Gasteiger partial charge in [-0.25, -0.2) is 0 Å². The third-order valence-corrected chi connectivity index (χ3v) is 5.02. The molecule has 1 aromatic carbocycles. The number of anilines is 1. The third-order valence-electron chi connectivity index (χ3n) is 5.02. The van der Waals surface area contributed by atoms with E-state index in [1.807, 2.05) is 24.3 Å². The summed E-state index contributed by atoms with van der Waals surface area (Å²) in [6.07, 6.45) is 9.15. The molecule has 21 heavy (non-hydrogen) atoms. The monoisotopic (exact) mass is 284 g/mol. The lowest BCUT2D eigenvalue weighted by Crippen LogP contribution is -2.35. The molecule has 1 saturated carbocycles. The van der Waals surface area contributed by atoms with Crippen LogP contribution in [0.3, 0.4) is 0 Å². The second-order valence-corrected chi connectivity index (χ2v) is 6.53. The van der Waals surface area contributed by atoms with Gasteiger partial charge in [0.25, 0.3) is 0 Å². The summed E-state index contributed by atoms with van der Waals surface area (Å²) in [5.41, 5.74) is 1.93. The molecule has 0 radical (unpaired) electrons. The maximum atomic E-state index is 9.22. The van der Waals surface area contributed by atoms with Crippen LogP contribution in [-0.4, -0.2) is 25.3 Å². The number of hydrogen-bond acceptors (Lipinski definition) is 3. The molecule has 0 amide bonds. The number of ether oxygens (including phenoxy) is 1. The summed E-state index contributed by atoms with van der Waals surface area (Å²) in [6.45, 7) is 0.875. The Balaban J connectivity index is 1.63. The molecule has 0 bridgehead atoms. The van der Waals surface area contributed by atoms with Crippen molar-refractivity contribution in [3.63, 3.8) is 0 Å². The van der Waals surface area contributed by atoms with E-state index in [-0.39, 0.29) is 5.60 Å². The molecule has 112 valence electrons. The van der Waals surface area contributed by atoms with E-state index in [0.29, 0.717) is 6.10 Å². The zero-order valence-electron chi connectivity index (χ0n) is 12.8. The predicted molar refractivity (Wildman–Crippen MR) is 84.4 cm³/mol. The Morgan fingerprint density at radius 1 is 1.24 bits per heavy atom. The lowest BCUT2D eigenvalue weighted by atomic mass is 9.83. The zero-order valence-corrected chi connectivity index (χ0v) is 12.8. The summed E-state index contributed by atoms with van der Waals surface area (Å²) in [4.78, 5) is 2.17. The van der Waals surface area contributed by atoms with Crippen molar-refractivity contribution in [2.45, 2.75) is 56.7 Å². The first-order valence-electron chi connectivity index (χ1n) is 8.10.